The van der Waals surface area contributed by atoms with Crippen LogP contribution in [-0.4, -0.2) is 14.6 Å². The smallest absolute Gasteiger partial charge is 0.272 e. The molecule has 0 fully saturated rings. The van der Waals surface area contributed by atoms with E-state index in [4.69, 9.17) is 0 Å². The average Bonchev–Trinajstić information content (AvgIpc) is 3.01. The van der Waals surface area contributed by atoms with E-state index in [2.05, 4.69) is 67.4 Å². The molecule has 0 amide bonds. The fourth-order valence-electron chi connectivity index (χ4n) is 2.72. The lowest BCUT2D eigenvalue weighted by atomic mass is 9.86. The van der Waals surface area contributed by atoms with Crippen LogP contribution in [0.5, 0.6) is 0 Å². The molecular weight excluding hydrogens is 300 g/mol. The number of rotatable bonds is 4. The van der Waals surface area contributed by atoms with Gasteiger partial charge in [0.1, 0.15) is 0 Å². The summed E-state index contributed by atoms with van der Waals surface area (Å²) >= 11 is 0. The van der Waals surface area contributed by atoms with E-state index in [0.29, 0.717) is 12.2 Å². The molecule has 3 rings (SSSR count). The van der Waals surface area contributed by atoms with Crippen LogP contribution in [0.1, 0.15) is 50.6 Å². The Balaban J connectivity index is 1.70. The molecule has 0 bridgehead atoms. The molecule has 2 N–H and O–H groups in total. The van der Waals surface area contributed by atoms with E-state index in [1.807, 2.05) is 0 Å². The Bertz CT molecular complexity index is 884. The Morgan fingerprint density at radius 3 is 2.58 bits per heavy atom. The Kier molecular flexibility index (Phi) is 4.28. The van der Waals surface area contributed by atoms with Crippen molar-refractivity contribution in [2.75, 3.05) is 0 Å². The average molecular weight is 324 g/mol. The van der Waals surface area contributed by atoms with E-state index in [-0.39, 0.29) is 17.0 Å². The number of hydrogen-bond donors (Lipinski definition) is 2. The van der Waals surface area contributed by atoms with E-state index in [1.165, 1.54) is 15.6 Å². The summed E-state index contributed by atoms with van der Waals surface area (Å²) in [6.07, 6.45) is 1.71. The molecule has 0 aliphatic heterocycles. The number of benzene rings is 1. The van der Waals surface area contributed by atoms with Crippen LogP contribution in [0.3, 0.4) is 0 Å². The van der Waals surface area contributed by atoms with Crippen molar-refractivity contribution in [3.63, 3.8) is 0 Å². The molecule has 5 nitrogen and oxygen atoms in total. The third kappa shape index (κ3) is 3.41. The number of H-pyrrole nitrogens is 1. The van der Waals surface area contributed by atoms with Gasteiger partial charge in [-0.25, -0.2) is 9.50 Å². The normalized spacial score (nSPS) is 13.3. The van der Waals surface area contributed by atoms with Crippen molar-refractivity contribution in [3.8, 4) is 0 Å². The van der Waals surface area contributed by atoms with Crippen LogP contribution >= 0.6 is 0 Å². The summed E-state index contributed by atoms with van der Waals surface area (Å²) in [5.41, 5.74) is 4.00. The molecule has 0 saturated heterocycles. The summed E-state index contributed by atoms with van der Waals surface area (Å²) in [6.45, 7) is 9.31. The number of aromatic nitrogens is 3. The quantitative estimate of drug-likeness (QED) is 0.775. The fourth-order valence-corrected chi connectivity index (χ4v) is 2.72. The Labute approximate surface area is 141 Å². The number of aromatic amines is 1. The second-order valence-corrected chi connectivity index (χ2v) is 7.22. The summed E-state index contributed by atoms with van der Waals surface area (Å²) in [6, 6.07) is 12.2. The van der Waals surface area contributed by atoms with E-state index >= 15 is 0 Å². The Morgan fingerprint density at radius 1 is 1.21 bits per heavy atom. The van der Waals surface area contributed by atoms with Gasteiger partial charge < -0.3 is 5.32 Å². The maximum atomic E-state index is 12.0. The van der Waals surface area contributed by atoms with Crippen LogP contribution in [0.25, 0.3) is 5.65 Å². The molecular formula is C19H24N4O. The van der Waals surface area contributed by atoms with Crippen LogP contribution in [0.15, 0.2) is 47.4 Å². The van der Waals surface area contributed by atoms with Crippen LogP contribution in [0.2, 0.25) is 0 Å². The van der Waals surface area contributed by atoms with Gasteiger partial charge in [0.25, 0.3) is 5.56 Å². The van der Waals surface area contributed by atoms with Crippen molar-refractivity contribution in [1.82, 2.24) is 19.9 Å². The summed E-state index contributed by atoms with van der Waals surface area (Å²) in [5.74, 6) is 0. The van der Waals surface area contributed by atoms with Gasteiger partial charge in [-0.3, -0.25) is 9.89 Å². The molecule has 2 heterocycles. The molecule has 5 heteroatoms. The highest BCUT2D eigenvalue weighted by molar-refractivity contribution is 5.36. The molecule has 0 spiro atoms. The SMILES string of the molecule is C[C@H](NCc1cc(=O)n2[nH]ccc2n1)c1ccc(C(C)(C)C)cc1. The summed E-state index contributed by atoms with van der Waals surface area (Å²) < 4.78 is 1.43. The minimum absolute atomic E-state index is 0.0935. The zero-order chi connectivity index (χ0) is 17.3. The molecule has 1 aromatic carbocycles. The lowest BCUT2D eigenvalue weighted by Crippen LogP contribution is -2.22. The van der Waals surface area contributed by atoms with Gasteiger partial charge in [0.2, 0.25) is 0 Å². The predicted octanol–water partition coefficient (Wildman–Crippen LogP) is 3.17. The van der Waals surface area contributed by atoms with Crippen LogP contribution in [0, 0.1) is 0 Å². The maximum Gasteiger partial charge on any atom is 0.272 e. The number of nitrogens with zero attached hydrogens (tertiary/aromatic N) is 2. The van der Waals surface area contributed by atoms with Crippen molar-refractivity contribution < 1.29 is 0 Å². The van der Waals surface area contributed by atoms with Gasteiger partial charge in [0.15, 0.2) is 5.65 Å². The highest BCUT2D eigenvalue weighted by Crippen LogP contribution is 2.23. The van der Waals surface area contributed by atoms with Crippen molar-refractivity contribution in [3.05, 3.63) is 69.8 Å². The van der Waals surface area contributed by atoms with E-state index in [9.17, 15) is 4.79 Å². The van der Waals surface area contributed by atoms with Gasteiger partial charge in [-0.1, -0.05) is 45.0 Å². The van der Waals surface area contributed by atoms with Gasteiger partial charge in [0.05, 0.1) is 5.69 Å². The monoisotopic (exact) mass is 324 g/mol. The summed E-state index contributed by atoms with van der Waals surface area (Å²) in [5, 5.41) is 6.28. The van der Waals surface area contributed by atoms with Crippen molar-refractivity contribution in [2.24, 2.45) is 0 Å². The van der Waals surface area contributed by atoms with Crippen LogP contribution < -0.4 is 10.9 Å². The number of fused-ring (bicyclic) bond motifs is 1. The third-order valence-electron chi connectivity index (χ3n) is 4.30. The summed E-state index contributed by atoms with van der Waals surface area (Å²) in [4.78, 5) is 16.4. The van der Waals surface area contributed by atoms with Gasteiger partial charge in [-0.05, 0) is 23.5 Å². The first-order valence-corrected chi connectivity index (χ1v) is 8.24. The van der Waals surface area contributed by atoms with Gasteiger partial charge >= 0.3 is 0 Å². The van der Waals surface area contributed by atoms with Crippen LogP contribution in [-0.2, 0) is 12.0 Å². The topological polar surface area (TPSA) is 62.2 Å². The predicted molar refractivity (Wildman–Crippen MR) is 96.2 cm³/mol. The second-order valence-electron chi connectivity index (χ2n) is 7.22. The Hall–Kier alpha value is -2.40. The van der Waals surface area contributed by atoms with Crippen LogP contribution in [0.4, 0.5) is 0 Å². The van der Waals surface area contributed by atoms with E-state index in [0.717, 1.165) is 5.69 Å². The lowest BCUT2D eigenvalue weighted by Gasteiger charge is -2.20. The largest absolute Gasteiger partial charge is 0.305 e. The highest BCUT2D eigenvalue weighted by atomic mass is 16.1. The zero-order valence-corrected chi connectivity index (χ0v) is 14.6. The minimum Gasteiger partial charge on any atom is -0.305 e. The van der Waals surface area contributed by atoms with Gasteiger partial charge in [-0.15, -0.1) is 0 Å². The summed E-state index contributed by atoms with van der Waals surface area (Å²) in [7, 11) is 0. The number of hydrogen-bond acceptors (Lipinski definition) is 3. The molecule has 0 aliphatic carbocycles. The standard InChI is InChI=1S/C19H24N4O/c1-13(14-5-7-15(8-6-14)19(2,3)4)20-12-16-11-18(24)23-17(22-16)9-10-21-23/h5-11,13,20-21H,12H2,1-4H3/t13-/m0/s1. The maximum absolute atomic E-state index is 12.0. The number of nitrogens with one attached hydrogen (secondary N) is 2. The van der Waals surface area contributed by atoms with Crippen molar-refractivity contribution in [1.29, 1.82) is 0 Å². The second kappa shape index (κ2) is 6.24. The highest BCUT2D eigenvalue weighted by Gasteiger charge is 2.14. The third-order valence-corrected chi connectivity index (χ3v) is 4.30. The van der Waals surface area contributed by atoms with Crippen molar-refractivity contribution >= 4 is 5.65 Å². The van der Waals surface area contributed by atoms with Crippen molar-refractivity contribution in [2.45, 2.75) is 45.7 Å². The van der Waals surface area contributed by atoms with Gasteiger partial charge in [0, 0.05) is 30.9 Å². The molecule has 0 unspecified atom stereocenters. The zero-order valence-electron chi connectivity index (χ0n) is 14.6. The fraction of sp³-hybridized carbons (Fsp3) is 0.368. The molecule has 0 saturated carbocycles. The first kappa shape index (κ1) is 16.5. The van der Waals surface area contributed by atoms with Gasteiger partial charge in [-0.2, -0.15) is 0 Å². The lowest BCUT2D eigenvalue weighted by molar-refractivity contribution is 0.563. The molecule has 0 aliphatic rings. The first-order chi connectivity index (χ1) is 11.3. The first-order valence-electron chi connectivity index (χ1n) is 8.24. The molecule has 0 radical (unpaired) electrons. The van der Waals surface area contributed by atoms with E-state index < -0.39 is 0 Å². The molecule has 1 atom stereocenters. The molecule has 3 aromatic rings. The molecule has 24 heavy (non-hydrogen) atoms. The van der Waals surface area contributed by atoms with E-state index in [1.54, 1.807) is 18.3 Å². The molecule has 2 aromatic heterocycles. The molecule has 126 valence electrons. The minimum atomic E-state index is -0.0935. The Morgan fingerprint density at radius 2 is 1.92 bits per heavy atom.